The number of hydrogen-bond donors (Lipinski definition) is 0. The highest BCUT2D eigenvalue weighted by molar-refractivity contribution is 5.98. The molecule has 1 saturated heterocycles. The van der Waals surface area contributed by atoms with Gasteiger partial charge in [-0.05, 0) is 74.7 Å². The Morgan fingerprint density at radius 2 is 1.82 bits per heavy atom. The van der Waals surface area contributed by atoms with E-state index in [9.17, 15) is 14.0 Å². The van der Waals surface area contributed by atoms with Gasteiger partial charge in [-0.25, -0.2) is 4.39 Å². The summed E-state index contributed by atoms with van der Waals surface area (Å²) in [6.07, 6.45) is 1.96. The summed E-state index contributed by atoms with van der Waals surface area (Å²) in [5.41, 5.74) is 3.71. The molecule has 0 atom stereocenters. The molecule has 0 saturated carbocycles. The van der Waals surface area contributed by atoms with Crippen LogP contribution in [-0.2, 0) is 6.54 Å². The summed E-state index contributed by atoms with van der Waals surface area (Å²) in [5.74, 6) is 0.311. The van der Waals surface area contributed by atoms with Crippen LogP contribution in [0.2, 0.25) is 0 Å². The quantitative estimate of drug-likeness (QED) is 0.743. The van der Waals surface area contributed by atoms with E-state index in [1.54, 1.807) is 12.1 Å². The molecule has 146 valence electrons. The summed E-state index contributed by atoms with van der Waals surface area (Å²) in [7, 11) is 0. The number of likely N-dealkylation sites (tertiary alicyclic amines) is 1. The fraction of sp³-hybridized carbons (Fsp3) is 0.391. The van der Waals surface area contributed by atoms with Crippen molar-refractivity contribution < 1.29 is 14.0 Å². The van der Waals surface area contributed by atoms with Crippen LogP contribution in [-0.4, -0.2) is 47.7 Å². The smallest absolute Gasteiger partial charge is 0.254 e. The van der Waals surface area contributed by atoms with Crippen LogP contribution in [0, 0.1) is 18.7 Å². The molecule has 0 aliphatic carbocycles. The Morgan fingerprint density at radius 3 is 2.54 bits per heavy atom. The largest absolute Gasteiger partial charge is 0.334 e. The molecule has 1 fully saturated rings. The average molecular weight is 380 g/mol. The zero-order chi connectivity index (χ0) is 19.7. The van der Waals surface area contributed by atoms with Crippen LogP contribution in [0.3, 0.4) is 0 Å². The summed E-state index contributed by atoms with van der Waals surface area (Å²) < 4.78 is 13.0. The van der Waals surface area contributed by atoms with E-state index < -0.39 is 0 Å². The van der Waals surface area contributed by atoms with Crippen molar-refractivity contribution in [1.29, 1.82) is 0 Å². The monoisotopic (exact) mass is 380 g/mol. The molecule has 0 aromatic heterocycles. The second kappa shape index (κ2) is 7.84. The minimum atomic E-state index is -0.328. The van der Waals surface area contributed by atoms with Gasteiger partial charge in [-0.15, -0.1) is 0 Å². The number of piperidine rings is 1. The van der Waals surface area contributed by atoms with Crippen molar-refractivity contribution in [2.45, 2.75) is 26.3 Å². The van der Waals surface area contributed by atoms with Crippen LogP contribution < -0.4 is 0 Å². The van der Waals surface area contributed by atoms with Crippen molar-refractivity contribution in [1.82, 2.24) is 9.80 Å². The topological polar surface area (TPSA) is 40.6 Å². The van der Waals surface area contributed by atoms with E-state index in [2.05, 4.69) is 17.9 Å². The molecule has 1 amide bonds. The lowest BCUT2D eigenvalue weighted by molar-refractivity contribution is 0.0707. The summed E-state index contributed by atoms with van der Waals surface area (Å²) >= 11 is 0. The Bertz CT molecular complexity index is 886. The number of nitrogens with zero attached hydrogens (tertiary/aromatic N) is 2. The van der Waals surface area contributed by atoms with E-state index in [4.69, 9.17) is 0 Å². The van der Waals surface area contributed by atoms with Crippen molar-refractivity contribution >= 4 is 11.7 Å². The molecule has 28 heavy (non-hydrogen) atoms. The highest BCUT2D eigenvalue weighted by atomic mass is 19.1. The SMILES string of the molecule is Cc1ccc2c(c1)CN(CC1CCN(CC(=O)c3ccc(F)cc3)CC1)C2=O. The van der Waals surface area contributed by atoms with Crippen molar-refractivity contribution in [3.63, 3.8) is 0 Å². The number of carbonyl (C=O) groups excluding carboxylic acids is 2. The Kier molecular flexibility index (Phi) is 5.27. The van der Waals surface area contributed by atoms with Crippen molar-refractivity contribution in [2.75, 3.05) is 26.2 Å². The third kappa shape index (κ3) is 3.99. The standard InChI is InChI=1S/C23H25FN2O2/c1-16-2-7-21-19(12-16)14-26(23(21)28)13-17-8-10-25(11-9-17)15-22(27)18-3-5-20(24)6-4-18/h2-7,12,17H,8-11,13-15H2,1H3. The Morgan fingerprint density at radius 1 is 1.11 bits per heavy atom. The molecule has 2 aliphatic heterocycles. The van der Waals surface area contributed by atoms with E-state index in [0.717, 1.165) is 43.6 Å². The highest BCUT2D eigenvalue weighted by Gasteiger charge is 2.30. The van der Waals surface area contributed by atoms with E-state index in [-0.39, 0.29) is 17.5 Å². The molecule has 4 nitrogen and oxygen atoms in total. The van der Waals surface area contributed by atoms with Gasteiger partial charge in [-0.1, -0.05) is 17.7 Å². The number of carbonyl (C=O) groups is 2. The number of aryl methyl sites for hydroxylation is 1. The van der Waals surface area contributed by atoms with Crippen LogP contribution in [0.4, 0.5) is 4.39 Å². The van der Waals surface area contributed by atoms with Crippen LogP contribution in [0.25, 0.3) is 0 Å². The lowest BCUT2D eigenvalue weighted by Crippen LogP contribution is -2.40. The van der Waals surface area contributed by atoms with Crippen LogP contribution in [0.15, 0.2) is 42.5 Å². The minimum absolute atomic E-state index is 0.0268. The summed E-state index contributed by atoms with van der Waals surface area (Å²) in [6, 6.07) is 11.8. The van der Waals surface area contributed by atoms with Crippen molar-refractivity contribution in [3.05, 3.63) is 70.5 Å². The van der Waals surface area contributed by atoms with E-state index in [0.29, 0.717) is 24.6 Å². The van der Waals surface area contributed by atoms with Gasteiger partial charge in [0.2, 0.25) is 0 Å². The maximum atomic E-state index is 13.0. The molecule has 2 aromatic carbocycles. The molecule has 2 heterocycles. The molecule has 0 unspecified atom stereocenters. The highest BCUT2D eigenvalue weighted by Crippen LogP contribution is 2.27. The molecule has 5 heteroatoms. The number of benzene rings is 2. The zero-order valence-corrected chi connectivity index (χ0v) is 16.2. The van der Waals surface area contributed by atoms with Gasteiger partial charge in [-0.2, -0.15) is 0 Å². The Hall–Kier alpha value is -2.53. The van der Waals surface area contributed by atoms with Gasteiger partial charge in [0.25, 0.3) is 5.91 Å². The maximum Gasteiger partial charge on any atom is 0.254 e. The summed E-state index contributed by atoms with van der Waals surface area (Å²) in [5, 5.41) is 0. The van der Waals surface area contributed by atoms with Gasteiger partial charge in [0, 0.05) is 24.2 Å². The van der Waals surface area contributed by atoms with Gasteiger partial charge >= 0.3 is 0 Å². The second-order valence-corrected chi connectivity index (χ2v) is 8.00. The van der Waals surface area contributed by atoms with Gasteiger partial charge in [-0.3, -0.25) is 14.5 Å². The number of hydrogen-bond acceptors (Lipinski definition) is 3. The lowest BCUT2D eigenvalue weighted by atomic mass is 9.95. The Balaban J connectivity index is 1.27. The fourth-order valence-corrected chi connectivity index (χ4v) is 4.23. The average Bonchev–Trinajstić information content (AvgIpc) is 2.98. The van der Waals surface area contributed by atoms with Crippen LogP contribution in [0.5, 0.6) is 0 Å². The van der Waals surface area contributed by atoms with Crippen molar-refractivity contribution in [3.8, 4) is 0 Å². The third-order valence-electron chi connectivity index (χ3n) is 5.86. The Labute approximate surface area is 164 Å². The second-order valence-electron chi connectivity index (χ2n) is 8.00. The number of ketones is 1. The fourth-order valence-electron chi connectivity index (χ4n) is 4.23. The van der Waals surface area contributed by atoms with Gasteiger partial charge in [0.1, 0.15) is 5.82 Å². The first-order valence-corrected chi connectivity index (χ1v) is 9.89. The molecular formula is C23H25FN2O2. The van der Waals surface area contributed by atoms with Crippen molar-refractivity contribution in [2.24, 2.45) is 5.92 Å². The predicted octanol–water partition coefficient (Wildman–Crippen LogP) is 3.68. The van der Waals surface area contributed by atoms with Crippen LogP contribution in [0.1, 0.15) is 44.7 Å². The first-order chi connectivity index (χ1) is 13.5. The molecule has 2 aromatic rings. The van der Waals surface area contributed by atoms with Crippen LogP contribution >= 0.6 is 0 Å². The number of rotatable bonds is 5. The van der Waals surface area contributed by atoms with E-state index in [1.165, 1.54) is 17.7 Å². The van der Waals surface area contributed by atoms with Gasteiger partial charge in [0.15, 0.2) is 5.78 Å². The first-order valence-electron chi connectivity index (χ1n) is 9.89. The zero-order valence-electron chi connectivity index (χ0n) is 16.2. The molecule has 2 aliphatic rings. The molecule has 0 spiro atoms. The normalized spacial score (nSPS) is 17.8. The number of halogens is 1. The molecule has 0 N–H and O–H groups in total. The predicted molar refractivity (Wildman–Crippen MR) is 106 cm³/mol. The van der Waals surface area contributed by atoms with Gasteiger partial charge in [0.05, 0.1) is 6.54 Å². The lowest BCUT2D eigenvalue weighted by Gasteiger charge is -2.33. The molecule has 4 rings (SSSR count). The third-order valence-corrected chi connectivity index (χ3v) is 5.86. The number of amides is 1. The first kappa shape index (κ1) is 18.8. The molecule has 0 radical (unpaired) electrons. The summed E-state index contributed by atoms with van der Waals surface area (Å²) in [6.45, 7) is 5.62. The summed E-state index contributed by atoms with van der Waals surface area (Å²) in [4.78, 5) is 29.1. The molecule has 0 bridgehead atoms. The minimum Gasteiger partial charge on any atom is -0.334 e. The van der Waals surface area contributed by atoms with Gasteiger partial charge < -0.3 is 4.90 Å². The number of fused-ring (bicyclic) bond motifs is 1. The maximum absolute atomic E-state index is 13.0. The van der Waals surface area contributed by atoms with E-state index in [1.807, 2.05) is 17.0 Å². The number of Topliss-reactive ketones (excluding diaryl/α,β-unsaturated/α-hetero) is 1. The van der Waals surface area contributed by atoms with E-state index >= 15 is 0 Å². The molecular weight excluding hydrogens is 355 g/mol.